The molecule has 29 heavy (non-hydrogen) atoms. The summed E-state index contributed by atoms with van der Waals surface area (Å²) in [6.45, 7) is 5.78. The van der Waals surface area contributed by atoms with Gasteiger partial charge in [-0.05, 0) is 57.2 Å². The zero-order valence-corrected chi connectivity index (χ0v) is 16.6. The van der Waals surface area contributed by atoms with Gasteiger partial charge < -0.3 is 15.4 Å². The second kappa shape index (κ2) is 9.14. The molecule has 0 fully saturated rings. The molecule has 2 aromatic carbocycles. The molecule has 6 nitrogen and oxygen atoms in total. The van der Waals surface area contributed by atoms with Gasteiger partial charge in [0.2, 0.25) is 5.95 Å². The predicted molar refractivity (Wildman–Crippen MR) is 110 cm³/mol. The van der Waals surface area contributed by atoms with Crippen molar-refractivity contribution < 1.29 is 13.9 Å². The van der Waals surface area contributed by atoms with E-state index in [9.17, 15) is 9.18 Å². The number of anilines is 2. The van der Waals surface area contributed by atoms with Crippen LogP contribution in [0.15, 0.2) is 54.6 Å². The number of aryl methyl sites for hydroxylation is 1. The number of carbonyl (C=O) groups is 1. The lowest BCUT2D eigenvalue weighted by Gasteiger charge is -2.11. The lowest BCUT2D eigenvalue weighted by Crippen LogP contribution is -2.25. The number of benzene rings is 2. The zero-order chi connectivity index (χ0) is 20.8. The SMILES string of the molecule is Cc1cc(C(=O)NCc2ccccc2F)nc(Nc2ccc(OC(C)C)cc2)n1. The second-order valence-electron chi connectivity index (χ2n) is 6.81. The zero-order valence-electron chi connectivity index (χ0n) is 16.6. The molecule has 0 saturated heterocycles. The minimum Gasteiger partial charge on any atom is -0.491 e. The van der Waals surface area contributed by atoms with Crippen LogP contribution in [0, 0.1) is 12.7 Å². The summed E-state index contributed by atoms with van der Waals surface area (Å²) in [5.41, 5.74) is 2.02. The first-order valence-corrected chi connectivity index (χ1v) is 9.32. The molecule has 150 valence electrons. The number of carbonyl (C=O) groups excluding carboxylic acids is 1. The van der Waals surface area contributed by atoms with Crippen LogP contribution in [0.25, 0.3) is 0 Å². The van der Waals surface area contributed by atoms with E-state index in [0.717, 1.165) is 11.4 Å². The fraction of sp³-hybridized carbons (Fsp3) is 0.227. The van der Waals surface area contributed by atoms with Gasteiger partial charge in [0.05, 0.1) is 6.10 Å². The molecular weight excluding hydrogens is 371 g/mol. The number of nitrogens with one attached hydrogen (secondary N) is 2. The summed E-state index contributed by atoms with van der Waals surface area (Å²) in [6.07, 6.45) is 0.0966. The highest BCUT2D eigenvalue weighted by molar-refractivity contribution is 5.92. The van der Waals surface area contributed by atoms with E-state index in [-0.39, 0.29) is 24.2 Å². The minimum absolute atomic E-state index is 0.0780. The largest absolute Gasteiger partial charge is 0.491 e. The van der Waals surface area contributed by atoms with Crippen molar-refractivity contribution in [2.45, 2.75) is 33.4 Å². The van der Waals surface area contributed by atoms with Crippen molar-refractivity contribution in [1.29, 1.82) is 0 Å². The van der Waals surface area contributed by atoms with Crippen molar-refractivity contribution in [2.24, 2.45) is 0 Å². The van der Waals surface area contributed by atoms with Crippen LogP contribution in [0.1, 0.15) is 35.6 Å². The molecule has 1 aromatic heterocycles. The Hall–Kier alpha value is -3.48. The molecule has 0 unspecified atom stereocenters. The molecule has 2 N–H and O–H groups in total. The van der Waals surface area contributed by atoms with Gasteiger partial charge >= 0.3 is 0 Å². The smallest absolute Gasteiger partial charge is 0.270 e. The normalized spacial score (nSPS) is 10.7. The van der Waals surface area contributed by atoms with Gasteiger partial charge in [0, 0.05) is 23.5 Å². The Kier molecular flexibility index (Phi) is 6.39. The van der Waals surface area contributed by atoms with Crippen LogP contribution in [-0.2, 0) is 6.54 Å². The first kappa shape index (κ1) is 20.3. The average molecular weight is 394 g/mol. The van der Waals surface area contributed by atoms with Gasteiger partial charge in [0.25, 0.3) is 5.91 Å². The van der Waals surface area contributed by atoms with E-state index in [1.807, 2.05) is 38.1 Å². The van der Waals surface area contributed by atoms with E-state index in [2.05, 4.69) is 20.6 Å². The molecule has 0 aliphatic carbocycles. The number of hydrogen-bond donors (Lipinski definition) is 2. The molecule has 1 heterocycles. The molecule has 3 rings (SSSR count). The van der Waals surface area contributed by atoms with Crippen molar-refractivity contribution in [3.05, 3.63) is 77.4 Å². The summed E-state index contributed by atoms with van der Waals surface area (Å²) in [7, 11) is 0. The van der Waals surface area contributed by atoms with Crippen molar-refractivity contribution in [3.63, 3.8) is 0 Å². The number of rotatable bonds is 7. The molecule has 0 bridgehead atoms. The summed E-state index contributed by atoms with van der Waals surface area (Å²) in [5.74, 6) is 0.309. The quantitative estimate of drug-likeness (QED) is 0.622. The standard InChI is InChI=1S/C22H23FN4O2/c1-14(2)29-18-10-8-17(9-11-18)26-22-25-15(3)12-20(27-22)21(28)24-13-16-6-4-5-7-19(16)23/h4-12,14H,13H2,1-3H3,(H,24,28)(H,25,26,27). The van der Waals surface area contributed by atoms with E-state index in [1.165, 1.54) is 6.07 Å². The van der Waals surface area contributed by atoms with E-state index in [1.54, 1.807) is 31.2 Å². The maximum absolute atomic E-state index is 13.7. The molecule has 0 atom stereocenters. The van der Waals surface area contributed by atoms with E-state index >= 15 is 0 Å². The first-order valence-electron chi connectivity index (χ1n) is 9.32. The summed E-state index contributed by atoms with van der Waals surface area (Å²) in [5, 5.41) is 5.77. The molecule has 0 spiro atoms. The Morgan fingerprint density at radius 1 is 1.10 bits per heavy atom. The third-order valence-corrected chi connectivity index (χ3v) is 3.97. The van der Waals surface area contributed by atoms with Gasteiger partial charge in [-0.2, -0.15) is 0 Å². The summed E-state index contributed by atoms with van der Waals surface area (Å²) >= 11 is 0. The van der Waals surface area contributed by atoms with Crippen LogP contribution in [0.3, 0.4) is 0 Å². The monoisotopic (exact) mass is 394 g/mol. The lowest BCUT2D eigenvalue weighted by molar-refractivity contribution is 0.0945. The number of amides is 1. The fourth-order valence-electron chi connectivity index (χ4n) is 2.67. The fourth-order valence-corrected chi connectivity index (χ4v) is 2.67. The van der Waals surface area contributed by atoms with Crippen LogP contribution in [-0.4, -0.2) is 22.0 Å². The Bertz CT molecular complexity index is 990. The number of aromatic nitrogens is 2. The molecule has 0 saturated carbocycles. The Balaban J connectivity index is 1.69. The van der Waals surface area contributed by atoms with E-state index < -0.39 is 5.91 Å². The maximum Gasteiger partial charge on any atom is 0.270 e. The van der Waals surface area contributed by atoms with Gasteiger partial charge in [0.1, 0.15) is 17.3 Å². The van der Waals surface area contributed by atoms with E-state index in [4.69, 9.17) is 4.74 Å². The Morgan fingerprint density at radius 2 is 1.83 bits per heavy atom. The maximum atomic E-state index is 13.7. The molecule has 0 aliphatic rings. The van der Waals surface area contributed by atoms with Crippen LogP contribution in [0.2, 0.25) is 0 Å². The molecule has 1 amide bonds. The number of ether oxygens (including phenoxy) is 1. The summed E-state index contributed by atoms with van der Waals surface area (Å²) < 4.78 is 19.3. The van der Waals surface area contributed by atoms with Crippen molar-refractivity contribution >= 4 is 17.5 Å². The number of nitrogens with zero attached hydrogens (tertiary/aromatic N) is 2. The number of halogens is 1. The van der Waals surface area contributed by atoms with Crippen molar-refractivity contribution in [2.75, 3.05) is 5.32 Å². The Morgan fingerprint density at radius 3 is 2.52 bits per heavy atom. The van der Waals surface area contributed by atoms with Crippen molar-refractivity contribution in [3.8, 4) is 5.75 Å². The third-order valence-electron chi connectivity index (χ3n) is 3.97. The second-order valence-corrected chi connectivity index (χ2v) is 6.81. The molecular formula is C22H23FN4O2. The first-order chi connectivity index (χ1) is 13.9. The minimum atomic E-state index is -0.400. The van der Waals surface area contributed by atoms with Gasteiger partial charge in [0.15, 0.2) is 0 Å². The summed E-state index contributed by atoms with van der Waals surface area (Å²) in [4.78, 5) is 21.1. The van der Waals surface area contributed by atoms with Crippen LogP contribution in [0.4, 0.5) is 16.0 Å². The van der Waals surface area contributed by atoms with Gasteiger partial charge in [-0.25, -0.2) is 14.4 Å². The van der Waals surface area contributed by atoms with Gasteiger partial charge in [-0.15, -0.1) is 0 Å². The highest BCUT2D eigenvalue weighted by Gasteiger charge is 2.12. The van der Waals surface area contributed by atoms with Gasteiger partial charge in [-0.1, -0.05) is 18.2 Å². The predicted octanol–water partition coefficient (Wildman–Crippen LogP) is 4.38. The molecule has 0 aliphatic heterocycles. The van der Waals surface area contributed by atoms with Crippen LogP contribution < -0.4 is 15.4 Å². The molecule has 0 radical (unpaired) electrons. The number of hydrogen-bond acceptors (Lipinski definition) is 5. The summed E-state index contributed by atoms with van der Waals surface area (Å²) in [6, 6.07) is 15.3. The molecule has 3 aromatic rings. The highest BCUT2D eigenvalue weighted by Crippen LogP contribution is 2.19. The lowest BCUT2D eigenvalue weighted by atomic mass is 10.2. The van der Waals surface area contributed by atoms with Crippen LogP contribution in [0.5, 0.6) is 5.75 Å². The third kappa shape index (κ3) is 5.75. The van der Waals surface area contributed by atoms with Crippen molar-refractivity contribution in [1.82, 2.24) is 15.3 Å². The van der Waals surface area contributed by atoms with E-state index in [0.29, 0.717) is 17.2 Å². The van der Waals surface area contributed by atoms with Crippen LogP contribution >= 0.6 is 0 Å². The molecule has 7 heteroatoms. The topological polar surface area (TPSA) is 76.1 Å². The van der Waals surface area contributed by atoms with Gasteiger partial charge in [-0.3, -0.25) is 4.79 Å². The average Bonchev–Trinajstić information content (AvgIpc) is 2.68. The Labute approximate surface area is 169 Å². The highest BCUT2D eigenvalue weighted by atomic mass is 19.1.